The number of ether oxygens (including phenoxy) is 1. The maximum atomic E-state index is 10.9. The Labute approximate surface area is 130 Å². The first-order valence-electron chi connectivity index (χ1n) is 8.03. The minimum atomic E-state index is -2.89. The van der Waals surface area contributed by atoms with Crippen molar-refractivity contribution in [1.29, 1.82) is 0 Å². The third-order valence-corrected chi connectivity index (χ3v) is 4.49. The lowest BCUT2D eigenvalue weighted by atomic mass is 10.0. The first kappa shape index (κ1) is 20.8. The summed E-state index contributed by atoms with van der Waals surface area (Å²) in [6.07, 6.45) is 6.00. The lowest BCUT2D eigenvalue weighted by Gasteiger charge is -2.17. The van der Waals surface area contributed by atoms with E-state index in [2.05, 4.69) is 19.2 Å². The molecule has 0 rings (SSSR count). The molecule has 6 heteroatoms. The molecule has 0 aromatic rings. The number of nitrogens with one attached hydrogen (secondary N) is 1. The van der Waals surface area contributed by atoms with Crippen molar-refractivity contribution in [3.8, 4) is 0 Å². The van der Waals surface area contributed by atoms with Crippen LogP contribution in [0.1, 0.15) is 46.0 Å². The Hall–Kier alpha value is -0.170. The molecule has 5 nitrogen and oxygen atoms in total. The SMILES string of the molecule is CCCCC(CC)COCC(O)CNCCCS(C)(=O)=O. The summed E-state index contributed by atoms with van der Waals surface area (Å²) in [7, 11) is -2.89. The second-order valence-electron chi connectivity index (χ2n) is 5.80. The van der Waals surface area contributed by atoms with Crippen molar-refractivity contribution in [2.75, 3.05) is 38.3 Å². The van der Waals surface area contributed by atoms with E-state index >= 15 is 0 Å². The topological polar surface area (TPSA) is 75.6 Å². The largest absolute Gasteiger partial charge is 0.389 e. The number of hydrogen-bond acceptors (Lipinski definition) is 5. The molecule has 0 aromatic heterocycles. The molecule has 128 valence electrons. The highest BCUT2D eigenvalue weighted by Gasteiger charge is 2.09. The van der Waals surface area contributed by atoms with Crippen molar-refractivity contribution in [3.63, 3.8) is 0 Å². The van der Waals surface area contributed by atoms with Crippen LogP contribution in [-0.2, 0) is 14.6 Å². The van der Waals surface area contributed by atoms with E-state index in [9.17, 15) is 13.5 Å². The summed E-state index contributed by atoms with van der Waals surface area (Å²) in [5.41, 5.74) is 0. The molecule has 0 fully saturated rings. The smallest absolute Gasteiger partial charge is 0.147 e. The van der Waals surface area contributed by atoms with E-state index in [0.29, 0.717) is 38.6 Å². The van der Waals surface area contributed by atoms with E-state index in [4.69, 9.17) is 4.74 Å². The van der Waals surface area contributed by atoms with Crippen molar-refractivity contribution in [2.45, 2.75) is 52.1 Å². The van der Waals surface area contributed by atoms with Crippen LogP contribution in [-0.4, -0.2) is 57.9 Å². The van der Waals surface area contributed by atoms with Crippen molar-refractivity contribution in [1.82, 2.24) is 5.32 Å². The van der Waals surface area contributed by atoms with E-state index in [1.54, 1.807) is 0 Å². The molecule has 21 heavy (non-hydrogen) atoms. The molecular formula is C15H33NO4S. The molecule has 0 aliphatic carbocycles. The van der Waals surface area contributed by atoms with Gasteiger partial charge < -0.3 is 15.2 Å². The molecule has 0 spiro atoms. The Kier molecular flexibility index (Phi) is 12.3. The minimum absolute atomic E-state index is 0.183. The highest BCUT2D eigenvalue weighted by atomic mass is 32.2. The summed E-state index contributed by atoms with van der Waals surface area (Å²) in [6.45, 7) is 6.44. The van der Waals surface area contributed by atoms with Gasteiger partial charge in [-0.1, -0.05) is 33.1 Å². The molecule has 0 saturated carbocycles. The van der Waals surface area contributed by atoms with Crippen LogP contribution in [0, 0.1) is 5.92 Å². The predicted octanol–water partition coefficient (Wildman–Crippen LogP) is 1.60. The van der Waals surface area contributed by atoms with Crippen LogP contribution in [0.4, 0.5) is 0 Å². The maximum Gasteiger partial charge on any atom is 0.147 e. The Morgan fingerprint density at radius 1 is 1.19 bits per heavy atom. The Morgan fingerprint density at radius 2 is 1.90 bits per heavy atom. The van der Waals surface area contributed by atoms with Gasteiger partial charge in [0.1, 0.15) is 9.84 Å². The summed E-state index contributed by atoms with van der Waals surface area (Å²) in [6, 6.07) is 0. The quantitative estimate of drug-likeness (QED) is 0.475. The fourth-order valence-corrected chi connectivity index (χ4v) is 2.72. The van der Waals surface area contributed by atoms with Crippen LogP contribution in [0.25, 0.3) is 0 Å². The number of rotatable bonds is 14. The second kappa shape index (κ2) is 12.4. The zero-order valence-corrected chi connectivity index (χ0v) is 14.6. The van der Waals surface area contributed by atoms with Gasteiger partial charge in [0, 0.05) is 19.4 Å². The average molecular weight is 323 g/mol. The Bertz CT molecular complexity index is 333. The highest BCUT2D eigenvalue weighted by molar-refractivity contribution is 7.90. The number of hydrogen-bond donors (Lipinski definition) is 2. The molecule has 2 atom stereocenters. The van der Waals surface area contributed by atoms with Crippen LogP contribution >= 0.6 is 0 Å². The molecule has 0 aliphatic heterocycles. The fraction of sp³-hybridized carbons (Fsp3) is 1.00. The molecule has 0 bridgehead atoms. The monoisotopic (exact) mass is 323 g/mol. The second-order valence-corrected chi connectivity index (χ2v) is 8.06. The molecule has 0 aromatic carbocycles. The van der Waals surface area contributed by atoms with Gasteiger partial charge in [-0.3, -0.25) is 0 Å². The van der Waals surface area contributed by atoms with Crippen LogP contribution in [0.15, 0.2) is 0 Å². The van der Waals surface area contributed by atoms with E-state index in [1.165, 1.54) is 25.5 Å². The van der Waals surface area contributed by atoms with Gasteiger partial charge >= 0.3 is 0 Å². The normalized spacial score (nSPS) is 15.0. The molecule has 0 heterocycles. The average Bonchev–Trinajstić information content (AvgIpc) is 2.41. The lowest BCUT2D eigenvalue weighted by Crippen LogP contribution is -2.32. The van der Waals surface area contributed by atoms with Crippen molar-refractivity contribution in [2.24, 2.45) is 5.92 Å². The van der Waals surface area contributed by atoms with Crippen molar-refractivity contribution in [3.05, 3.63) is 0 Å². The van der Waals surface area contributed by atoms with E-state index < -0.39 is 15.9 Å². The van der Waals surface area contributed by atoms with Gasteiger partial charge in [0.05, 0.1) is 18.5 Å². The Morgan fingerprint density at radius 3 is 2.48 bits per heavy atom. The molecule has 0 radical (unpaired) electrons. The van der Waals surface area contributed by atoms with E-state index in [1.807, 2.05) is 0 Å². The minimum Gasteiger partial charge on any atom is -0.389 e. The van der Waals surface area contributed by atoms with Gasteiger partial charge in [-0.05, 0) is 25.3 Å². The molecule has 0 saturated heterocycles. The van der Waals surface area contributed by atoms with Crippen LogP contribution < -0.4 is 5.32 Å². The fourth-order valence-electron chi connectivity index (χ4n) is 2.06. The van der Waals surface area contributed by atoms with Crippen molar-refractivity contribution >= 4 is 9.84 Å². The first-order valence-corrected chi connectivity index (χ1v) is 10.1. The molecule has 2 N–H and O–H groups in total. The van der Waals surface area contributed by atoms with Crippen molar-refractivity contribution < 1.29 is 18.3 Å². The maximum absolute atomic E-state index is 10.9. The molecular weight excluding hydrogens is 290 g/mol. The van der Waals surface area contributed by atoms with Gasteiger partial charge in [-0.2, -0.15) is 0 Å². The lowest BCUT2D eigenvalue weighted by molar-refractivity contribution is 0.0194. The summed E-state index contributed by atoms with van der Waals surface area (Å²) in [4.78, 5) is 0. The van der Waals surface area contributed by atoms with E-state index in [0.717, 1.165) is 6.42 Å². The first-order chi connectivity index (χ1) is 9.89. The number of sulfone groups is 1. The number of unbranched alkanes of at least 4 members (excludes halogenated alkanes) is 1. The highest BCUT2D eigenvalue weighted by Crippen LogP contribution is 2.12. The van der Waals surface area contributed by atoms with Gasteiger partial charge in [-0.25, -0.2) is 8.42 Å². The zero-order chi connectivity index (χ0) is 16.1. The molecule has 2 unspecified atom stereocenters. The predicted molar refractivity (Wildman–Crippen MR) is 87.3 cm³/mol. The third kappa shape index (κ3) is 14.5. The summed E-state index contributed by atoms with van der Waals surface area (Å²) < 4.78 is 27.5. The van der Waals surface area contributed by atoms with Crippen LogP contribution in [0.5, 0.6) is 0 Å². The molecule has 0 aliphatic rings. The summed E-state index contributed by atoms with van der Waals surface area (Å²) >= 11 is 0. The summed E-state index contributed by atoms with van der Waals surface area (Å²) in [5, 5.41) is 12.8. The number of aliphatic hydroxyl groups excluding tert-OH is 1. The Balaban J connectivity index is 3.55. The zero-order valence-electron chi connectivity index (χ0n) is 13.8. The third-order valence-electron chi connectivity index (χ3n) is 3.46. The van der Waals surface area contributed by atoms with Crippen LogP contribution in [0.3, 0.4) is 0 Å². The molecule has 0 amide bonds. The van der Waals surface area contributed by atoms with Gasteiger partial charge in [0.2, 0.25) is 0 Å². The van der Waals surface area contributed by atoms with Gasteiger partial charge in [0.25, 0.3) is 0 Å². The van der Waals surface area contributed by atoms with Gasteiger partial charge in [0.15, 0.2) is 0 Å². The summed E-state index contributed by atoms with van der Waals surface area (Å²) in [5.74, 6) is 0.766. The van der Waals surface area contributed by atoms with Crippen LogP contribution in [0.2, 0.25) is 0 Å². The van der Waals surface area contributed by atoms with Gasteiger partial charge in [-0.15, -0.1) is 0 Å². The number of aliphatic hydroxyl groups is 1. The standard InChI is InChI=1S/C15H33NO4S/c1-4-6-8-14(5-2)12-20-13-15(17)11-16-9-7-10-21(3,18)19/h14-17H,4-13H2,1-3H3. The van der Waals surface area contributed by atoms with E-state index in [-0.39, 0.29) is 5.75 Å².